The van der Waals surface area contributed by atoms with Gasteiger partial charge >= 0.3 is 0 Å². The number of fused-ring (bicyclic) bond motifs is 1. The van der Waals surface area contributed by atoms with Gasteiger partial charge in [0.15, 0.2) is 5.76 Å². The first-order valence-corrected chi connectivity index (χ1v) is 7.16. The molecule has 1 amide bonds. The van der Waals surface area contributed by atoms with E-state index in [9.17, 15) is 9.18 Å². The molecule has 22 heavy (non-hydrogen) atoms. The number of halogens is 1. The summed E-state index contributed by atoms with van der Waals surface area (Å²) < 4.78 is 19.1. The molecular formula is C18H16FNO2. The molecule has 0 saturated carbocycles. The number of carbonyl (C=O) groups is 1. The van der Waals surface area contributed by atoms with Crippen molar-refractivity contribution in [3.63, 3.8) is 0 Å². The predicted octanol–water partition coefficient (Wildman–Crippen LogP) is 3.85. The van der Waals surface area contributed by atoms with E-state index in [0.29, 0.717) is 29.9 Å². The summed E-state index contributed by atoms with van der Waals surface area (Å²) in [7, 11) is 0. The molecular weight excluding hydrogens is 281 g/mol. The summed E-state index contributed by atoms with van der Waals surface area (Å²) in [6.07, 6.45) is 0.442. The van der Waals surface area contributed by atoms with E-state index in [-0.39, 0.29) is 11.7 Å². The fourth-order valence-electron chi connectivity index (χ4n) is 2.48. The minimum atomic E-state index is -0.273. The minimum absolute atomic E-state index is 0.253. The molecule has 0 radical (unpaired) electrons. The van der Waals surface area contributed by atoms with E-state index in [1.807, 2.05) is 31.2 Å². The zero-order valence-corrected chi connectivity index (χ0v) is 12.2. The van der Waals surface area contributed by atoms with Crippen molar-refractivity contribution in [1.29, 1.82) is 0 Å². The molecule has 0 saturated heterocycles. The highest BCUT2D eigenvalue weighted by Gasteiger charge is 2.16. The number of hydrogen-bond donors (Lipinski definition) is 1. The van der Waals surface area contributed by atoms with Crippen LogP contribution in [0.3, 0.4) is 0 Å². The van der Waals surface area contributed by atoms with Crippen molar-refractivity contribution in [2.75, 3.05) is 6.54 Å². The van der Waals surface area contributed by atoms with Crippen LogP contribution in [0, 0.1) is 12.7 Å². The zero-order valence-electron chi connectivity index (χ0n) is 12.2. The van der Waals surface area contributed by atoms with E-state index in [0.717, 1.165) is 10.9 Å². The summed E-state index contributed by atoms with van der Waals surface area (Å²) in [6, 6.07) is 14.1. The molecule has 0 unspecified atom stereocenters. The third kappa shape index (κ3) is 2.72. The van der Waals surface area contributed by atoms with E-state index in [4.69, 9.17) is 4.42 Å². The number of benzene rings is 2. The van der Waals surface area contributed by atoms with Gasteiger partial charge in [0.1, 0.15) is 11.4 Å². The smallest absolute Gasteiger partial charge is 0.287 e. The van der Waals surface area contributed by atoms with E-state index >= 15 is 0 Å². The number of amides is 1. The van der Waals surface area contributed by atoms with Crippen LogP contribution in [0.15, 0.2) is 52.9 Å². The van der Waals surface area contributed by atoms with E-state index in [2.05, 4.69) is 5.32 Å². The fraction of sp³-hybridized carbons (Fsp3) is 0.167. The van der Waals surface area contributed by atoms with Crippen LogP contribution in [0.25, 0.3) is 11.0 Å². The Morgan fingerprint density at radius 3 is 2.64 bits per heavy atom. The van der Waals surface area contributed by atoms with E-state index in [1.165, 1.54) is 6.07 Å². The molecule has 3 aromatic rings. The number of carbonyl (C=O) groups excluding carboxylic acids is 1. The number of furan rings is 1. The standard InChI is InChI=1S/C18H16FNO2/c1-12-14-7-3-5-9-16(14)22-17(12)18(21)20-11-10-13-6-2-4-8-15(13)19/h2-9H,10-11H2,1H3,(H,20,21). The van der Waals surface area contributed by atoms with Crippen molar-refractivity contribution in [2.45, 2.75) is 13.3 Å². The van der Waals surface area contributed by atoms with Crippen molar-refractivity contribution in [1.82, 2.24) is 5.32 Å². The quantitative estimate of drug-likeness (QED) is 0.794. The van der Waals surface area contributed by atoms with Crippen molar-refractivity contribution in [2.24, 2.45) is 0 Å². The topological polar surface area (TPSA) is 42.2 Å². The fourth-order valence-corrected chi connectivity index (χ4v) is 2.48. The molecule has 1 heterocycles. The summed E-state index contributed by atoms with van der Waals surface area (Å²) >= 11 is 0. The molecule has 0 aliphatic heterocycles. The molecule has 0 spiro atoms. The number of aryl methyl sites for hydroxylation is 1. The lowest BCUT2D eigenvalue weighted by atomic mass is 10.1. The number of hydrogen-bond acceptors (Lipinski definition) is 2. The van der Waals surface area contributed by atoms with E-state index < -0.39 is 0 Å². The molecule has 0 bridgehead atoms. The molecule has 1 N–H and O–H groups in total. The van der Waals surface area contributed by atoms with Crippen LogP contribution >= 0.6 is 0 Å². The molecule has 0 atom stereocenters. The number of para-hydroxylation sites is 1. The second kappa shape index (κ2) is 6.02. The van der Waals surface area contributed by atoms with Gasteiger partial charge in [0.2, 0.25) is 0 Å². The first kappa shape index (κ1) is 14.3. The molecule has 2 aromatic carbocycles. The van der Waals surface area contributed by atoms with Crippen LogP contribution in [0.4, 0.5) is 4.39 Å². The number of nitrogens with one attached hydrogen (secondary N) is 1. The third-order valence-electron chi connectivity index (χ3n) is 3.69. The lowest BCUT2D eigenvalue weighted by molar-refractivity contribution is 0.0927. The molecule has 4 heteroatoms. The highest BCUT2D eigenvalue weighted by Crippen LogP contribution is 2.24. The Balaban J connectivity index is 1.69. The van der Waals surface area contributed by atoms with Gasteiger partial charge in [-0.3, -0.25) is 4.79 Å². The van der Waals surface area contributed by atoms with Crippen molar-refractivity contribution in [3.05, 3.63) is 71.2 Å². The van der Waals surface area contributed by atoms with Gasteiger partial charge in [-0.15, -0.1) is 0 Å². The first-order chi connectivity index (χ1) is 10.7. The third-order valence-corrected chi connectivity index (χ3v) is 3.69. The lowest BCUT2D eigenvalue weighted by Gasteiger charge is -2.05. The van der Waals surface area contributed by atoms with Crippen molar-refractivity contribution >= 4 is 16.9 Å². The summed E-state index contributed by atoms with van der Waals surface area (Å²) in [5.41, 5.74) is 2.10. The molecule has 0 aliphatic carbocycles. The van der Waals surface area contributed by atoms with E-state index in [1.54, 1.807) is 18.2 Å². The zero-order chi connectivity index (χ0) is 15.5. The Morgan fingerprint density at radius 1 is 1.14 bits per heavy atom. The van der Waals surface area contributed by atoms with Gasteiger partial charge in [0.05, 0.1) is 0 Å². The van der Waals surface area contributed by atoms with Gasteiger partial charge in [-0.05, 0) is 31.0 Å². The van der Waals surface area contributed by atoms with Crippen LogP contribution in [-0.2, 0) is 6.42 Å². The largest absolute Gasteiger partial charge is 0.451 e. The summed E-state index contributed by atoms with van der Waals surface area (Å²) in [4.78, 5) is 12.2. The molecule has 112 valence electrons. The lowest BCUT2D eigenvalue weighted by Crippen LogP contribution is -2.26. The average Bonchev–Trinajstić information content (AvgIpc) is 2.87. The maximum Gasteiger partial charge on any atom is 0.287 e. The Kier molecular flexibility index (Phi) is 3.92. The Hall–Kier alpha value is -2.62. The Bertz CT molecular complexity index is 823. The van der Waals surface area contributed by atoms with Crippen LogP contribution in [0.2, 0.25) is 0 Å². The molecule has 3 rings (SSSR count). The van der Waals surface area contributed by atoms with Gasteiger partial charge in [0.25, 0.3) is 5.91 Å². The maximum atomic E-state index is 13.5. The molecule has 0 aliphatic rings. The Labute approximate surface area is 127 Å². The normalized spacial score (nSPS) is 10.8. The highest BCUT2D eigenvalue weighted by atomic mass is 19.1. The number of rotatable bonds is 4. The van der Waals surface area contributed by atoms with Gasteiger partial charge in [-0.2, -0.15) is 0 Å². The van der Waals surface area contributed by atoms with Crippen LogP contribution < -0.4 is 5.32 Å². The maximum absolute atomic E-state index is 13.5. The molecule has 1 aromatic heterocycles. The van der Waals surface area contributed by atoms with Gasteiger partial charge in [-0.25, -0.2) is 4.39 Å². The first-order valence-electron chi connectivity index (χ1n) is 7.16. The summed E-state index contributed by atoms with van der Waals surface area (Å²) in [5.74, 6) is -0.212. The van der Waals surface area contributed by atoms with Gasteiger partial charge < -0.3 is 9.73 Å². The van der Waals surface area contributed by atoms with Crippen LogP contribution in [-0.4, -0.2) is 12.5 Å². The SMILES string of the molecule is Cc1c(C(=O)NCCc2ccccc2F)oc2ccccc12. The average molecular weight is 297 g/mol. The highest BCUT2D eigenvalue weighted by molar-refractivity contribution is 5.98. The molecule has 0 fully saturated rings. The predicted molar refractivity (Wildman–Crippen MR) is 83.4 cm³/mol. The molecule has 3 nitrogen and oxygen atoms in total. The summed E-state index contributed by atoms with van der Waals surface area (Å²) in [5, 5.41) is 3.71. The Morgan fingerprint density at radius 2 is 1.86 bits per heavy atom. The van der Waals surface area contributed by atoms with Crippen LogP contribution in [0.5, 0.6) is 0 Å². The van der Waals surface area contributed by atoms with Gasteiger partial charge in [0, 0.05) is 17.5 Å². The van der Waals surface area contributed by atoms with Crippen LogP contribution in [0.1, 0.15) is 21.7 Å². The second-order valence-corrected chi connectivity index (χ2v) is 5.15. The summed E-state index contributed by atoms with van der Waals surface area (Å²) in [6.45, 7) is 2.22. The monoisotopic (exact) mass is 297 g/mol. The van der Waals surface area contributed by atoms with Gasteiger partial charge in [-0.1, -0.05) is 36.4 Å². The van der Waals surface area contributed by atoms with Crippen molar-refractivity contribution in [3.8, 4) is 0 Å². The second-order valence-electron chi connectivity index (χ2n) is 5.15. The minimum Gasteiger partial charge on any atom is -0.451 e. The van der Waals surface area contributed by atoms with Crippen molar-refractivity contribution < 1.29 is 13.6 Å².